The van der Waals surface area contributed by atoms with Crippen LogP contribution >= 0.6 is 0 Å². The van der Waals surface area contributed by atoms with Gasteiger partial charge >= 0.3 is 0 Å². The van der Waals surface area contributed by atoms with Gasteiger partial charge in [0.05, 0.1) is 23.8 Å². The summed E-state index contributed by atoms with van der Waals surface area (Å²) in [5, 5.41) is 32.8. The second-order valence-corrected chi connectivity index (χ2v) is 13.2. The monoisotopic (exact) mass is 572 g/mol. The Morgan fingerprint density at radius 1 is 1.19 bits per heavy atom. The Morgan fingerprint density at radius 3 is 2.67 bits per heavy atom. The number of ether oxygens (including phenoxy) is 1. The largest absolute Gasteiger partial charge is 0.397 e. The highest BCUT2D eigenvalue weighted by atomic mass is 16.6. The van der Waals surface area contributed by atoms with Crippen LogP contribution in [0.15, 0.2) is 66.5 Å². The molecule has 4 aliphatic rings. The van der Waals surface area contributed by atoms with Gasteiger partial charge < -0.3 is 25.8 Å². The van der Waals surface area contributed by atoms with Gasteiger partial charge in [-0.25, -0.2) is 0 Å². The quantitative estimate of drug-likeness (QED) is 0.368. The van der Waals surface area contributed by atoms with E-state index in [1.54, 1.807) is 24.5 Å². The number of carbonyl (C=O) groups excluding carboxylic acids is 2. The van der Waals surface area contributed by atoms with Crippen molar-refractivity contribution in [3.05, 3.63) is 83.2 Å². The van der Waals surface area contributed by atoms with Crippen molar-refractivity contribution in [1.29, 1.82) is 0 Å². The van der Waals surface area contributed by atoms with Crippen LogP contribution in [0.2, 0.25) is 0 Å². The fraction of sp³-hybridized carbons (Fsp3) is 0.500. The molecule has 1 aromatic heterocycles. The maximum atomic E-state index is 13.3. The van der Waals surface area contributed by atoms with E-state index in [1.807, 2.05) is 43.3 Å². The molecule has 0 radical (unpaired) electrons. The van der Waals surface area contributed by atoms with Crippen LogP contribution in [0, 0.1) is 34.5 Å². The number of hydrogen-bond donors (Lipinski definition) is 4. The number of hydrogen-bond acceptors (Lipinski definition) is 8. The van der Waals surface area contributed by atoms with Gasteiger partial charge in [-0.2, -0.15) is 0 Å². The molecule has 8 nitrogen and oxygen atoms in total. The summed E-state index contributed by atoms with van der Waals surface area (Å²) in [6.45, 7) is 3.54. The molecule has 2 aromatic rings. The van der Waals surface area contributed by atoms with Crippen molar-refractivity contribution in [3.8, 4) is 0 Å². The molecule has 0 bridgehead atoms. The number of aliphatic hydroxyl groups excluding tert-OH is 3. The highest BCUT2D eigenvalue weighted by Crippen LogP contribution is 2.66. The summed E-state index contributed by atoms with van der Waals surface area (Å²) < 4.78 is 6.27. The standard InChI is InChI=1S/C34H40N2O6/c1-33-10-9-24(38)13-22(33)7-8-25-26-14-29(31(28(40)18-37)34(26,2)15-27(39)30(25)33)42-32(41)21-5-3-19(4-6-21)11-20-12-23(35)17-36-16-20/h3-6,9-10,12-13,16-17,25-27,29-32,37,39,41H,7-8,11,14-15,18,35H2,1-2H3/t25-,26-,27-,29+,30+,31-,32-,33-,34-/m0/s1. The number of carbonyl (C=O) groups is 2. The van der Waals surface area contributed by atoms with Crippen molar-refractivity contribution in [2.45, 2.75) is 64.4 Å². The van der Waals surface area contributed by atoms with E-state index in [2.05, 4.69) is 11.9 Å². The number of fused-ring (bicyclic) bond motifs is 5. The highest BCUT2D eigenvalue weighted by molar-refractivity contribution is 6.01. The molecule has 0 spiro atoms. The number of pyridine rings is 1. The zero-order valence-electron chi connectivity index (χ0n) is 24.1. The van der Waals surface area contributed by atoms with Crippen LogP contribution in [0.3, 0.4) is 0 Å². The molecular formula is C34H40N2O6. The molecule has 3 saturated carbocycles. The molecule has 6 rings (SSSR count). The van der Waals surface area contributed by atoms with Crippen molar-refractivity contribution >= 4 is 17.3 Å². The Morgan fingerprint density at radius 2 is 1.95 bits per heavy atom. The number of rotatable bonds is 7. The first-order valence-electron chi connectivity index (χ1n) is 14.9. The Balaban J connectivity index is 1.23. The van der Waals surface area contributed by atoms with Crippen LogP contribution in [-0.4, -0.2) is 50.7 Å². The van der Waals surface area contributed by atoms with Crippen molar-refractivity contribution in [1.82, 2.24) is 4.98 Å². The molecule has 0 unspecified atom stereocenters. The number of Topliss-reactive ketones (excluding diaryl/α,β-unsaturated/α-hetero) is 1. The second kappa shape index (κ2) is 10.8. The van der Waals surface area contributed by atoms with Crippen molar-refractivity contribution in [2.75, 3.05) is 12.3 Å². The number of nitrogens with zero attached hydrogens (tertiary/aromatic N) is 1. The predicted molar refractivity (Wildman–Crippen MR) is 157 cm³/mol. The number of benzene rings is 1. The molecule has 1 heterocycles. The smallest absolute Gasteiger partial charge is 0.181 e. The van der Waals surface area contributed by atoms with E-state index in [4.69, 9.17) is 10.5 Å². The topological polar surface area (TPSA) is 143 Å². The molecule has 8 heteroatoms. The van der Waals surface area contributed by atoms with Gasteiger partial charge in [-0.1, -0.05) is 49.8 Å². The molecule has 5 N–H and O–H groups in total. The average molecular weight is 573 g/mol. The summed E-state index contributed by atoms with van der Waals surface area (Å²) in [5.74, 6) is -0.901. The van der Waals surface area contributed by atoms with E-state index in [0.717, 1.165) is 29.5 Å². The zero-order valence-corrected chi connectivity index (χ0v) is 24.1. The first-order valence-corrected chi connectivity index (χ1v) is 14.9. The normalized spacial score (nSPS) is 36.0. The number of allylic oxidation sites excluding steroid dienone is 4. The average Bonchev–Trinajstić information content (AvgIpc) is 3.24. The van der Waals surface area contributed by atoms with E-state index in [9.17, 15) is 24.9 Å². The number of aliphatic hydroxyl groups is 3. The van der Waals surface area contributed by atoms with Crippen LogP contribution in [0.5, 0.6) is 0 Å². The lowest BCUT2D eigenvalue weighted by molar-refractivity contribution is -0.167. The maximum absolute atomic E-state index is 13.3. The van der Waals surface area contributed by atoms with Gasteiger partial charge in [-0.3, -0.25) is 14.6 Å². The first-order chi connectivity index (χ1) is 20.0. The third-order valence-electron chi connectivity index (χ3n) is 10.8. The number of ketones is 2. The van der Waals surface area contributed by atoms with Gasteiger partial charge in [-0.05, 0) is 78.7 Å². The molecule has 4 aliphatic carbocycles. The van der Waals surface area contributed by atoms with E-state index < -0.39 is 41.9 Å². The molecule has 9 atom stereocenters. The van der Waals surface area contributed by atoms with E-state index in [-0.39, 0.29) is 29.3 Å². The van der Waals surface area contributed by atoms with Crippen molar-refractivity contribution < 1.29 is 29.6 Å². The number of aromatic nitrogens is 1. The van der Waals surface area contributed by atoms with Gasteiger partial charge in [0, 0.05) is 29.3 Å². The van der Waals surface area contributed by atoms with Gasteiger partial charge in [0.1, 0.15) is 6.61 Å². The lowest BCUT2D eigenvalue weighted by atomic mass is 9.46. The molecule has 42 heavy (non-hydrogen) atoms. The van der Waals surface area contributed by atoms with Crippen molar-refractivity contribution in [2.24, 2.45) is 34.5 Å². The first kappa shape index (κ1) is 28.9. The molecule has 0 saturated heterocycles. The van der Waals surface area contributed by atoms with Gasteiger partial charge in [0.25, 0.3) is 0 Å². The van der Waals surface area contributed by atoms with Gasteiger partial charge in [-0.15, -0.1) is 0 Å². The summed E-state index contributed by atoms with van der Waals surface area (Å²) in [4.78, 5) is 29.5. The minimum Gasteiger partial charge on any atom is -0.397 e. The van der Waals surface area contributed by atoms with E-state index in [0.29, 0.717) is 30.5 Å². The van der Waals surface area contributed by atoms with Crippen LogP contribution < -0.4 is 5.73 Å². The zero-order chi connectivity index (χ0) is 29.8. The van der Waals surface area contributed by atoms with E-state index in [1.165, 1.54) is 0 Å². The Hall–Kier alpha value is -3.17. The summed E-state index contributed by atoms with van der Waals surface area (Å²) >= 11 is 0. The van der Waals surface area contributed by atoms with Crippen LogP contribution in [0.1, 0.15) is 62.5 Å². The third-order valence-corrected chi connectivity index (χ3v) is 10.8. The fourth-order valence-electron chi connectivity index (χ4n) is 9.01. The summed E-state index contributed by atoms with van der Waals surface area (Å²) in [7, 11) is 0. The third kappa shape index (κ3) is 4.84. The molecule has 3 fully saturated rings. The maximum Gasteiger partial charge on any atom is 0.181 e. The number of nitrogen functional groups attached to an aromatic ring is 1. The lowest BCUT2D eigenvalue weighted by Gasteiger charge is -2.58. The second-order valence-electron chi connectivity index (χ2n) is 13.2. The highest BCUT2D eigenvalue weighted by Gasteiger charge is 2.65. The molecular weight excluding hydrogens is 532 g/mol. The SMILES string of the molecule is C[C@]12C[C@H](O)[C@H]3[C@@H](CCC4=CC(=O)C=C[C@@]43C)[C@@H]1C[C@@H](O[C@H](O)c1ccc(Cc3cncc(N)c3)cc1)[C@@H]2C(=O)CO. The van der Waals surface area contributed by atoms with Crippen molar-refractivity contribution in [3.63, 3.8) is 0 Å². The van der Waals surface area contributed by atoms with Gasteiger partial charge in [0.2, 0.25) is 0 Å². The summed E-state index contributed by atoms with van der Waals surface area (Å²) in [6, 6.07) is 9.37. The minimum absolute atomic E-state index is 0.0113. The fourth-order valence-corrected chi connectivity index (χ4v) is 9.01. The Labute approximate surface area is 246 Å². The molecule has 0 amide bonds. The number of nitrogens with two attached hydrogens (primary N) is 1. The Bertz CT molecular complexity index is 1440. The molecule has 1 aromatic carbocycles. The molecule has 222 valence electrons. The Kier molecular flexibility index (Phi) is 7.46. The van der Waals surface area contributed by atoms with E-state index >= 15 is 0 Å². The summed E-state index contributed by atoms with van der Waals surface area (Å²) in [6.07, 6.45) is 9.31. The predicted octanol–water partition coefficient (Wildman–Crippen LogP) is 3.70. The van der Waals surface area contributed by atoms with Crippen LogP contribution in [0.4, 0.5) is 5.69 Å². The van der Waals surface area contributed by atoms with Crippen LogP contribution in [-0.2, 0) is 20.7 Å². The lowest BCUT2D eigenvalue weighted by Crippen LogP contribution is -2.56. The minimum atomic E-state index is -1.25. The van der Waals surface area contributed by atoms with Crippen LogP contribution in [0.25, 0.3) is 0 Å². The molecule has 0 aliphatic heterocycles. The summed E-state index contributed by atoms with van der Waals surface area (Å²) in [5.41, 5.74) is 9.11. The number of anilines is 1. The van der Waals surface area contributed by atoms with Gasteiger partial charge in [0.15, 0.2) is 17.9 Å².